The van der Waals surface area contributed by atoms with Crippen LogP contribution in [0, 0.1) is 0 Å². The lowest BCUT2D eigenvalue weighted by Gasteiger charge is -2.23. The number of rotatable bonds is 5. The Morgan fingerprint density at radius 3 is 2.63 bits per heavy atom. The second kappa shape index (κ2) is 6.26. The molecule has 1 aromatic rings. The molecule has 0 bridgehead atoms. The van der Waals surface area contributed by atoms with Crippen LogP contribution in [0.1, 0.15) is 38.2 Å². The minimum absolute atomic E-state index is 0.153. The number of ether oxygens (including phenoxy) is 2. The summed E-state index contributed by atoms with van der Waals surface area (Å²) in [6, 6.07) is 5.82. The van der Waals surface area contributed by atoms with Gasteiger partial charge in [0.1, 0.15) is 13.2 Å². The van der Waals surface area contributed by atoms with Crippen LogP contribution in [0.2, 0.25) is 0 Å². The largest absolute Gasteiger partial charge is 0.486 e. The fourth-order valence-corrected chi connectivity index (χ4v) is 2.31. The second-order valence-corrected chi connectivity index (χ2v) is 5.18. The summed E-state index contributed by atoms with van der Waals surface area (Å²) in [7, 11) is 0. The second-order valence-electron chi connectivity index (χ2n) is 5.18. The highest BCUT2D eigenvalue weighted by molar-refractivity contribution is 5.44. The highest BCUT2D eigenvalue weighted by atomic mass is 16.6. The third-order valence-electron chi connectivity index (χ3n) is 3.70. The van der Waals surface area contributed by atoms with Gasteiger partial charge < -0.3 is 20.3 Å². The van der Waals surface area contributed by atoms with E-state index in [-0.39, 0.29) is 12.0 Å². The molecule has 0 aromatic heterocycles. The maximum absolute atomic E-state index is 10.0. The molecule has 1 heterocycles. The highest BCUT2D eigenvalue weighted by Crippen LogP contribution is 2.34. The van der Waals surface area contributed by atoms with Crippen LogP contribution < -0.4 is 15.2 Å². The number of fused-ring (bicyclic) bond motifs is 1. The van der Waals surface area contributed by atoms with Crippen LogP contribution in [0.3, 0.4) is 0 Å². The third kappa shape index (κ3) is 3.39. The fourth-order valence-electron chi connectivity index (χ4n) is 2.31. The molecule has 0 spiro atoms. The van der Waals surface area contributed by atoms with Crippen molar-refractivity contribution in [2.45, 2.75) is 44.8 Å². The van der Waals surface area contributed by atoms with E-state index in [9.17, 15) is 5.11 Å². The summed E-state index contributed by atoms with van der Waals surface area (Å²) in [4.78, 5) is 0. The molecule has 0 saturated carbocycles. The van der Waals surface area contributed by atoms with E-state index in [4.69, 9.17) is 15.2 Å². The van der Waals surface area contributed by atoms with Gasteiger partial charge in [0.2, 0.25) is 0 Å². The molecule has 4 heteroatoms. The van der Waals surface area contributed by atoms with Crippen LogP contribution in [0.15, 0.2) is 18.2 Å². The van der Waals surface area contributed by atoms with Crippen LogP contribution in [0.5, 0.6) is 11.5 Å². The van der Waals surface area contributed by atoms with E-state index >= 15 is 0 Å². The molecular weight excluding hydrogens is 242 g/mol. The Morgan fingerprint density at radius 2 is 1.95 bits per heavy atom. The molecule has 3 unspecified atom stereocenters. The van der Waals surface area contributed by atoms with Crippen molar-refractivity contribution in [3.63, 3.8) is 0 Å². The summed E-state index contributed by atoms with van der Waals surface area (Å²) in [5, 5.41) is 10.0. The van der Waals surface area contributed by atoms with Crippen molar-refractivity contribution < 1.29 is 14.6 Å². The maximum Gasteiger partial charge on any atom is 0.161 e. The molecule has 1 aromatic carbocycles. The van der Waals surface area contributed by atoms with Crippen molar-refractivity contribution >= 4 is 0 Å². The van der Waals surface area contributed by atoms with Gasteiger partial charge in [-0.05, 0) is 36.5 Å². The number of hydrogen-bond donors (Lipinski definition) is 2. The average molecular weight is 265 g/mol. The molecule has 4 nitrogen and oxygen atoms in total. The first-order chi connectivity index (χ1) is 9.11. The van der Waals surface area contributed by atoms with Crippen molar-refractivity contribution in [3.8, 4) is 11.5 Å². The average Bonchev–Trinajstić information content (AvgIpc) is 2.45. The minimum Gasteiger partial charge on any atom is -0.486 e. The van der Waals surface area contributed by atoms with Gasteiger partial charge in [0, 0.05) is 6.04 Å². The normalized spacial score (nSPS) is 18.7. The summed E-state index contributed by atoms with van der Waals surface area (Å²) >= 11 is 0. The summed E-state index contributed by atoms with van der Waals surface area (Å²) in [5.41, 5.74) is 7.00. The van der Waals surface area contributed by atoms with E-state index in [0.29, 0.717) is 19.6 Å². The summed E-state index contributed by atoms with van der Waals surface area (Å²) < 4.78 is 11.1. The van der Waals surface area contributed by atoms with Crippen LogP contribution in [0.4, 0.5) is 0 Å². The van der Waals surface area contributed by atoms with E-state index in [0.717, 1.165) is 23.5 Å². The van der Waals surface area contributed by atoms with Gasteiger partial charge in [0.05, 0.1) is 6.10 Å². The van der Waals surface area contributed by atoms with E-state index < -0.39 is 6.10 Å². The molecule has 0 fully saturated rings. The molecule has 0 radical (unpaired) electrons. The van der Waals surface area contributed by atoms with E-state index in [1.807, 2.05) is 25.1 Å². The predicted octanol–water partition coefficient (Wildman–Crippen LogP) is 2.05. The van der Waals surface area contributed by atoms with Crippen molar-refractivity contribution in [2.24, 2.45) is 5.73 Å². The van der Waals surface area contributed by atoms with Crippen molar-refractivity contribution in [3.05, 3.63) is 23.8 Å². The lowest BCUT2D eigenvalue weighted by atomic mass is 9.91. The van der Waals surface area contributed by atoms with Crippen LogP contribution in [-0.2, 0) is 0 Å². The van der Waals surface area contributed by atoms with Gasteiger partial charge in [-0.25, -0.2) is 0 Å². The molecule has 3 atom stereocenters. The summed E-state index contributed by atoms with van der Waals surface area (Å²) in [6.07, 6.45) is 0.983. The van der Waals surface area contributed by atoms with E-state index in [1.165, 1.54) is 0 Å². The molecule has 0 amide bonds. The number of hydrogen-bond acceptors (Lipinski definition) is 4. The quantitative estimate of drug-likeness (QED) is 0.855. The van der Waals surface area contributed by atoms with Gasteiger partial charge in [-0.3, -0.25) is 0 Å². The summed E-state index contributed by atoms with van der Waals surface area (Å²) in [5.74, 6) is 1.83. The molecule has 0 aliphatic carbocycles. The smallest absolute Gasteiger partial charge is 0.161 e. The first kappa shape index (κ1) is 14.2. The van der Waals surface area contributed by atoms with Gasteiger partial charge in [0.25, 0.3) is 0 Å². The number of aliphatic hydroxyl groups excluding tert-OH is 1. The Kier molecular flexibility index (Phi) is 4.66. The molecule has 1 aliphatic heterocycles. The monoisotopic (exact) mass is 265 g/mol. The van der Waals surface area contributed by atoms with Crippen molar-refractivity contribution in [2.75, 3.05) is 13.2 Å². The van der Waals surface area contributed by atoms with Gasteiger partial charge in [-0.15, -0.1) is 0 Å². The number of benzene rings is 1. The molecule has 2 rings (SSSR count). The Balaban J connectivity index is 2.05. The van der Waals surface area contributed by atoms with Crippen LogP contribution >= 0.6 is 0 Å². The fraction of sp³-hybridized carbons (Fsp3) is 0.600. The van der Waals surface area contributed by atoms with E-state index in [2.05, 4.69) is 6.92 Å². The first-order valence-corrected chi connectivity index (χ1v) is 6.95. The van der Waals surface area contributed by atoms with E-state index in [1.54, 1.807) is 0 Å². The van der Waals surface area contributed by atoms with Gasteiger partial charge in [-0.1, -0.05) is 19.9 Å². The Labute approximate surface area is 114 Å². The molecule has 0 saturated heterocycles. The molecule has 1 aliphatic rings. The summed E-state index contributed by atoms with van der Waals surface area (Å²) in [6.45, 7) is 5.28. The molecule has 106 valence electrons. The Hall–Kier alpha value is -1.26. The standard InChI is InChI=1S/C15H23NO3/c1-3-12(16)13(17)8-10(2)11-4-5-14-15(9-11)19-7-6-18-14/h4-5,9-10,12-13,17H,3,6-8,16H2,1-2H3. The van der Waals surface area contributed by atoms with Crippen LogP contribution in [-0.4, -0.2) is 30.5 Å². The zero-order valence-electron chi connectivity index (χ0n) is 11.6. The Morgan fingerprint density at radius 1 is 1.26 bits per heavy atom. The van der Waals surface area contributed by atoms with Gasteiger partial charge in [0.15, 0.2) is 11.5 Å². The zero-order chi connectivity index (χ0) is 13.8. The van der Waals surface area contributed by atoms with Crippen molar-refractivity contribution in [1.82, 2.24) is 0 Å². The highest BCUT2D eigenvalue weighted by Gasteiger charge is 2.19. The lowest BCUT2D eigenvalue weighted by molar-refractivity contribution is 0.126. The third-order valence-corrected chi connectivity index (χ3v) is 3.70. The maximum atomic E-state index is 10.0. The van der Waals surface area contributed by atoms with Crippen LogP contribution in [0.25, 0.3) is 0 Å². The number of aliphatic hydroxyl groups is 1. The zero-order valence-corrected chi connectivity index (χ0v) is 11.6. The molecule has 19 heavy (non-hydrogen) atoms. The first-order valence-electron chi connectivity index (χ1n) is 6.95. The lowest BCUT2D eigenvalue weighted by Crippen LogP contribution is -2.34. The van der Waals surface area contributed by atoms with Crippen molar-refractivity contribution in [1.29, 1.82) is 0 Å². The number of nitrogens with two attached hydrogens (primary N) is 1. The van der Waals surface area contributed by atoms with Gasteiger partial charge >= 0.3 is 0 Å². The topological polar surface area (TPSA) is 64.7 Å². The van der Waals surface area contributed by atoms with Gasteiger partial charge in [-0.2, -0.15) is 0 Å². The molecule has 3 N–H and O–H groups in total. The Bertz CT molecular complexity index is 422. The predicted molar refractivity (Wildman–Crippen MR) is 74.7 cm³/mol. The SMILES string of the molecule is CCC(N)C(O)CC(C)c1ccc2c(c1)OCCO2. The minimum atomic E-state index is -0.465. The molecular formula is C15H23NO3.